The highest BCUT2D eigenvalue weighted by molar-refractivity contribution is 7.98. The molecule has 4 heteroatoms. The van der Waals surface area contributed by atoms with Crippen molar-refractivity contribution in [2.24, 2.45) is 0 Å². The summed E-state index contributed by atoms with van der Waals surface area (Å²) in [5.41, 5.74) is 2.11. The number of benzene rings is 2. The third kappa shape index (κ3) is 4.90. The molecule has 0 aliphatic rings. The van der Waals surface area contributed by atoms with Crippen LogP contribution in [-0.2, 0) is 11.3 Å². The molecular formula is C18H22N2OS. The molecule has 0 aliphatic carbocycles. The Morgan fingerprint density at radius 2 is 1.77 bits per heavy atom. The van der Waals surface area contributed by atoms with Crippen LogP contribution in [0.1, 0.15) is 12.5 Å². The summed E-state index contributed by atoms with van der Waals surface area (Å²) in [4.78, 5) is 15.5. The Kier molecular flexibility index (Phi) is 6.49. The molecule has 0 spiro atoms. The Balaban J connectivity index is 1.94. The molecule has 2 rings (SSSR count). The third-order valence-electron chi connectivity index (χ3n) is 3.44. The second kappa shape index (κ2) is 8.61. The number of hydrogen-bond acceptors (Lipinski definition) is 3. The predicted octanol–water partition coefficient (Wildman–Crippen LogP) is 3.87. The lowest BCUT2D eigenvalue weighted by molar-refractivity contribution is -0.117. The second-order valence-electron chi connectivity index (χ2n) is 5.04. The summed E-state index contributed by atoms with van der Waals surface area (Å²) in [5, 5.41) is 3.01. The molecule has 0 fully saturated rings. The molecule has 0 atom stereocenters. The van der Waals surface area contributed by atoms with Gasteiger partial charge in [0.2, 0.25) is 5.91 Å². The molecule has 0 radical (unpaired) electrons. The number of carbonyl (C=O) groups is 1. The van der Waals surface area contributed by atoms with Crippen LogP contribution < -0.4 is 5.32 Å². The van der Waals surface area contributed by atoms with E-state index < -0.39 is 0 Å². The third-order valence-corrected chi connectivity index (χ3v) is 4.24. The molecule has 3 nitrogen and oxygen atoms in total. The van der Waals surface area contributed by atoms with E-state index in [0.717, 1.165) is 23.7 Å². The number of thioether (sulfide) groups is 1. The van der Waals surface area contributed by atoms with E-state index in [1.54, 1.807) is 11.8 Å². The van der Waals surface area contributed by atoms with Gasteiger partial charge in [0.1, 0.15) is 0 Å². The number of amides is 1. The zero-order valence-electron chi connectivity index (χ0n) is 13.1. The average Bonchev–Trinajstić information content (AvgIpc) is 2.55. The van der Waals surface area contributed by atoms with E-state index in [1.807, 2.05) is 48.7 Å². The lowest BCUT2D eigenvalue weighted by Crippen LogP contribution is -2.32. The number of nitrogens with one attached hydrogen (secondary N) is 1. The first-order chi connectivity index (χ1) is 10.7. The molecule has 1 N–H and O–H groups in total. The van der Waals surface area contributed by atoms with Crippen LogP contribution in [0.2, 0.25) is 0 Å². The SMILES string of the molecule is CCN(CC(=O)Nc1ccccc1SC)Cc1ccccc1. The van der Waals surface area contributed by atoms with Gasteiger partial charge >= 0.3 is 0 Å². The topological polar surface area (TPSA) is 32.3 Å². The fourth-order valence-corrected chi connectivity index (χ4v) is 2.82. The molecule has 116 valence electrons. The van der Waals surface area contributed by atoms with Gasteiger partial charge in [-0.3, -0.25) is 9.69 Å². The van der Waals surface area contributed by atoms with E-state index in [-0.39, 0.29) is 5.91 Å². The Labute approximate surface area is 136 Å². The quantitative estimate of drug-likeness (QED) is 0.787. The van der Waals surface area contributed by atoms with Crippen molar-refractivity contribution in [1.82, 2.24) is 4.90 Å². The Morgan fingerprint density at radius 3 is 2.45 bits per heavy atom. The normalized spacial score (nSPS) is 10.7. The van der Waals surface area contributed by atoms with E-state index >= 15 is 0 Å². The second-order valence-corrected chi connectivity index (χ2v) is 5.89. The van der Waals surface area contributed by atoms with Gasteiger partial charge in [-0.25, -0.2) is 0 Å². The van der Waals surface area contributed by atoms with E-state index in [1.165, 1.54) is 5.56 Å². The van der Waals surface area contributed by atoms with Gasteiger partial charge in [0.25, 0.3) is 0 Å². The van der Waals surface area contributed by atoms with Crippen LogP contribution in [0.15, 0.2) is 59.5 Å². The lowest BCUT2D eigenvalue weighted by Gasteiger charge is -2.20. The molecule has 0 saturated heterocycles. The fraction of sp³-hybridized carbons (Fsp3) is 0.278. The summed E-state index contributed by atoms with van der Waals surface area (Å²) in [7, 11) is 0. The van der Waals surface area contributed by atoms with E-state index in [2.05, 4.69) is 29.3 Å². The van der Waals surface area contributed by atoms with Crippen molar-refractivity contribution < 1.29 is 4.79 Å². The van der Waals surface area contributed by atoms with Crippen LogP contribution in [-0.4, -0.2) is 30.2 Å². The largest absolute Gasteiger partial charge is 0.324 e. The van der Waals surface area contributed by atoms with Gasteiger partial charge in [-0.15, -0.1) is 11.8 Å². The number of carbonyl (C=O) groups excluding carboxylic acids is 1. The zero-order chi connectivity index (χ0) is 15.8. The highest BCUT2D eigenvalue weighted by Crippen LogP contribution is 2.24. The fourth-order valence-electron chi connectivity index (χ4n) is 2.26. The first-order valence-electron chi connectivity index (χ1n) is 7.42. The van der Waals surface area contributed by atoms with Gasteiger partial charge in [0.15, 0.2) is 0 Å². The Bertz CT molecular complexity index is 601. The summed E-state index contributed by atoms with van der Waals surface area (Å²) in [5.74, 6) is 0.0271. The molecule has 1 amide bonds. The Hall–Kier alpha value is -1.78. The summed E-state index contributed by atoms with van der Waals surface area (Å²) >= 11 is 1.64. The number of rotatable bonds is 7. The summed E-state index contributed by atoms with van der Waals surface area (Å²) < 4.78 is 0. The van der Waals surface area contributed by atoms with E-state index in [0.29, 0.717) is 6.54 Å². The molecule has 22 heavy (non-hydrogen) atoms. The van der Waals surface area contributed by atoms with Gasteiger partial charge < -0.3 is 5.32 Å². The highest BCUT2D eigenvalue weighted by Gasteiger charge is 2.11. The van der Waals surface area contributed by atoms with Crippen molar-refractivity contribution in [3.8, 4) is 0 Å². The minimum absolute atomic E-state index is 0.0271. The summed E-state index contributed by atoms with van der Waals surface area (Å²) in [6.07, 6.45) is 2.01. The molecule has 2 aromatic rings. The smallest absolute Gasteiger partial charge is 0.238 e. The zero-order valence-corrected chi connectivity index (χ0v) is 13.9. The number of para-hydroxylation sites is 1. The van der Waals surface area contributed by atoms with Crippen molar-refractivity contribution in [3.05, 3.63) is 60.2 Å². The van der Waals surface area contributed by atoms with Gasteiger partial charge in [0.05, 0.1) is 12.2 Å². The summed E-state index contributed by atoms with van der Waals surface area (Å²) in [6.45, 7) is 4.10. The van der Waals surface area contributed by atoms with Crippen LogP contribution in [0.3, 0.4) is 0 Å². The van der Waals surface area contributed by atoms with Gasteiger partial charge in [-0.05, 0) is 30.5 Å². The van der Waals surface area contributed by atoms with E-state index in [4.69, 9.17) is 0 Å². The van der Waals surface area contributed by atoms with Crippen LogP contribution >= 0.6 is 11.8 Å². The van der Waals surface area contributed by atoms with Crippen molar-refractivity contribution in [3.63, 3.8) is 0 Å². The molecule has 0 aromatic heterocycles. The van der Waals surface area contributed by atoms with Crippen molar-refractivity contribution in [2.75, 3.05) is 24.7 Å². The average molecular weight is 314 g/mol. The van der Waals surface area contributed by atoms with E-state index in [9.17, 15) is 4.79 Å². The van der Waals surface area contributed by atoms with Crippen LogP contribution in [0.4, 0.5) is 5.69 Å². The van der Waals surface area contributed by atoms with Crippen LogP contribution in [0, 0.1) is 0 Å². The summed E-state index contributed by atoms with van der Waals surface area (Å²) in [6, 6.07) is 18.1. The standard InChI is InChI=1S/C18H22N2OS/c1-3-20(13-15-9-5-4-6-10-15)14-18(21)19-16-11-7-8-12-17(16)22-2/h4-12H,3,13-14H2,1-2H3,(H,19,21). The molecule has 0 heterocycles. The van der Waals surface area contributed by atoms with Crippen molar-refractivity contribution in [1.29, 1.82) is 0 Å². The molecule has 0 bridgehead atoms. The molecule has 0 aliphatic heterocycles. The molecular weight excluding hydrogens is 292 g/mol. The molecule has 0 saturated carbocycles. The monoisotopic (exact) mass is 314 g/mol. The van der Waals surface area contributed by atoms with Gasteiger partial charge in [-0.1, -0.05) is 49.4 Å². The first-order valence-corrected chi connectivity index (χ1v) is 8.64. The Morgan fingerprint density at radius 1 is 1.09 bits per heavy atom. The van der Waals surface area contributed by atoms with Gasteiger partial charge in [0, 0.05) is 11.4 Å². The van der Waals surface area contributed by atoms with Crippen molar-refractivity contribution >= 4 is 23.4 Å². The number of hydrogen-bond donors (Lipinski definition) is 1. The number of nitrogens with zero attached hydrogens (tertiary/aromatic N) is 1. The van der Waals surface area contributed by atoms with Crippen molar-refractivity contribution in [2.45, 2.75) is 18.4 Å². The maximum atomic E-state index is 12.3. The lowest BCUT2D eigenvalue weighted by atomic mass is 10.2. The number of likely N-dealkylation sites (N-methyl/N-ethyl adjacent to an activating group) is 1. The first kappa shape index (κ1) is 16.6. The minimum Gasteiger partial charge on any atom is -0.324 e. The highest BCUT2D eigenvalue weighted by atomic mass is 32.2. The molecule has 0 unspecified atom stereocenters. The minimum atomic E-state index is 0.0271. The van der Waals surface area contributed by atoms with Crippen LogP contribution in [0.25, 0.3) is 0 Å². The maximum absolute atomic E-state index is 12.3. The van der Waals surface area contributed by atoms with Gasteiger partial charge in [-0.2, -0.15) is 0 Å². The maximum Gasteiger partial charge on any atom is 0.238 e. The number of anilines is 1. The molecule has 2 aromatic carbocycles. The predicted molar refractivity (Wildman–Crippen MR) is 94.2 cm³/mol. The van der Waals surface area contributed by atoms with Crippen LogP contribution in [0.5, 0.6) is 0 Å².